The second-order valence-corrected chi connectivity index (χ2v) is 12.4. The van der Waals surface area contributed by atoms with Crippen molar-refractivity contribution in [1.82, 2.24) is 15.1 Å². The van der Waals surface area contributed by atoms with Crippen molar-refractivity contribution >= 4 is 14.0 Å². The van der Waals surface area contributed by atoms with Gasteiger partial charge in [-0.15, -0.1) is 0 Å². The van der Waals surface area contributed by atoms with Crippen molar-refractivity contribution < 1.29 is 14.3 Å². The quantitative estimate of drug-likeness (QED) is 0.472. The number of rotatable bonds is 7. The Morgan fingerprint density at radius 1 is 1.41 bits per heavy atom. The highest BCUT2D eigenvalue weighted by molar-refractivity contribution is 6.76. The highest BCUT2D eigenvalue weighted by Gasteiger charge is 2.25. The summed E-state index contributed by atoms with van der Waals surface area (Å²) in [5.74, 6) is -0.344. The van der Waals surface area contributed by atoms with Crippen LogP contribution < -0.4 is 5.32 Å². The van der Waals surface area contributed by atoms with E-state index in [-0.39, 0.29) is 5.97 Å². The van der Waals surface area contributed by atoms with Gasteiger partial charge in [0.05, 0.1) is 6.61 Å². The van der Waals surface area contributed by atoms with E-state index in [1.807, 2.05) is 4.68 Å². The van der Waals surface area contributed by atoms with Crippen LogP contribution >= 0.6 is 0 Å². The molecule has 1 N–H and O–H groups in total. The second-order valence-electron chi connectivity index (χ2n) is 6.77. The standard InChI is InChI=1S/C15H27N3O3Si/c1-5-21-15(19)14-12-10-16-7-6-13(12)18(17-14)11-20-8-9-22(2,3)4/h16H,5-11H2,1-4H3. The van der Waals surface area contributed by atoms with E-state index in [1.165, 1.54) is 0 Å². The number of carbonyl (C=O) groups excluding carboxylic acids is 1. The van der Waals surface area contributed by atoms with E-state index in [0.29, 0.717) is 25.6 Å². The largest absolute Gasteiger partial charge is 0.461 e. The maximum absolute atomic E-state index is 12.0. The molecule has 0 radical (unpaired) electrons. The molecule has 0 atom stereocenters. The van der Waals surface area contributed by atoms with E-state index >= 15 is 0 Å². The van der Waals surface area contributed by atoms with Crippen LogP contribution in [0.15, 0.2) is 0 Å². The summed E-state index contributed by atoms with van der Waals surface area (Å²) in [5, 5.41) is 7.72. The average Bonchev–Trinajstić information content (AvgIpc) is 2.82. The highest BCUT2D eigenvalue weighted by Crippen LogP contribution is 2.19. The Bertz CT molecular complexity index is 523. The summed E-state index contributed by atoms with van der Waals surface area (Å²) in [5.41, 5.74) is 2.48. The summed E-state index contributed by atoms with van der Waals surface area (Å²) in [6.07, 6.45) is 0.860. The zero-order valence-electron chi connectivity index (χ0n) is 14.1. The average molecular weight is 325 g/mol. The van der Waals surface area contributed by atoms with Crippen LogP contribution in [0.1, 0.15) is 28.7 Å². The molecule has 2 heterocycles. The van der Waals surface area contributed by atoms with Gasteiger partial charge in [-0.05, 0) is 13.0 Å². The Morgan fingerprint density at radius 3 is 2.86 bits per heavy atom. The van der Waals surface area contributed by atoms with Crippen LogP contribution in [0, 0.1) is 0 Å². The van der Waals surface area contributed by atoms with Gasteiger partial charge in [-0.3, -0.25) is 0 Å². The molecule has 124 valence electrons. The highest BCUT2D eigenvalue weighted by atomic mass is 28.3. The molecule has 7 heteroatoms. The third-order valence-electron chi connectivity index (χ3n) is 3.69. The Morgan fingerprint density at radius 2 is 2.18 bits per heavy atom. The molecule has 0 aromatic carbocycles. The monoisotopic (exact) mass is 325 g/mol. The summed E-state index contributed by atoms with van der Waals surface area (Å²) >= 11 is 0. The first-order chi connectivity index (χ1) is 10.4. The first-order valence-corrected chi connectivity index (χ1v) is 11.7. The number of aromatic nitrogens is 2. The van der Waals surface area contributed by atoms with E-state index in [9.17, 15) is 4.79 Å². The molecule has 0 unspecified atom stereocenters. The lowest BCUT2D eigenvalue weighted by molar-refractivity contribution is 0.0509. The van der Waals surface area contributed by atoms with Gasteiger partial charge in [0.15, 0.2) is 5.69 Å². The van der Waals surface area contributed by atoms with E-state index in [2.05, 4.69) is 30.1 Å². The van der Waals surface area contributed by atoms with E-state index < -0.39 is 8.07 Å². The number of esters is 1. The molecule has 0 fully saturated rings. The maximum Gasteiger partial charge on any atom is 0.359 e. The first kappa shape index (κ1) is 17.2. The van der Waals surface area contributed by atoms with Crippen molar-refractivity contribution in [2.45, 2.75) is 52.3 Å². The number of fused-ring (bicyclic) bond motifs is 1. The molecule has 2 rings (SSSR count). The van der Waals surface area contributed by atoms with Crippen molar-refractivity contribution in [3.63, 3.8) is 0 Å². The molecule has 0 spiro atoms. The minimum atomic E-state index is -1.09. The Kier molecular flexibility index (Phi) is 5.77. The van der Waals surface area contributed by atoms with Gasteiger partial charge < -0.3 is 14.8 Å². The summed E-state index contributed by atoms with van der Waals surface area (Å²) < 4.78 is 12.7. The summed E-state index contributed by atoms with van der Waals surface area (Å²) in [6, 6.07) is 1.13. The molecule has 1 aromatic heterocycles. The van der Waals surface area contributed by atoms with Gasteiger partial charge >= 0.3 is 5.97 Å². The Hall–Kier alpha value is -1.18. The van der Waals surface area contributed by atoms with Gasteiger partial charge in [-0.2, -0.15) is 5.10 Å². The van der Waals surface area contributed by atoms with E-state index in [0.717, 1.165) is 36.9 Å². The normalized spacial score (nSPS) is 14.7. The van der Waals surface area contributed by atoms with Crippen LogP contribution in [-0.4, -0.2) is 43.6 Å². The van der Waals surface area contributed by atoms with E-state index in [4.69, 9.17) is 9.47 Å². The van der Waals surface area contributed by atoms with Gasteiger partial charge in [0.1, 0.15) is 6.73 Å². The van der Waals surface area contributed by atoms with Crippen molar-refractivity contribution in [2.24, 2.45) is 0 Å². The lowest BCUT2D eigenvalue weighted by atomic mass is 10.1. The summed E-state index contributed by atoms with van der Waals surface area (Å²) in [6.45, 7) is 11.9. The van der Waals surface area contributed by atoms with Crippen LogP contribution in [0.3, 0.4) is 0 Å². The summed E-state index contributed by atoms with van der Waals surface area (Å²) in [4.78, 5) is 12.0. The van der Waals surface area contributed by atoms with Crippen LogP contribution in [0.4, 0.5) is 0 Å². The fraction of sp³-hybridized carbons (Fsp3) is 0.733. The Labute approximate surface area is 133 Å². The number of nitrogens with zero attached hydrogens (tertiary/aromatic N) is 2. The van der Waals surface area contributed by atoms with Crippen LogP contribution in [0.25, 0.3) is 0 Å². The first-order valence-electron chi connectivity index (χ1n) is 7.96. The van der Waals surface area contributed by atoms with Gasteiger partial charge in [-0.1, -0.05) is 19.6 Å². The fourth-order valence-electron chi connectivity index (χ4n) is 2.42. The van der Waals surface area contributed by atoms with Crippen molar-refractivity contribution in [2.75, 3.05) is 19.8 Å². The van der Waals surface area contributed by atoms with Gasteiger partial charge in [0.2, 0.25) is 0 Å². The van der Waals surface area contributed by atoms with Gasteiger partial charge in [-0.25, -0.2) is 9.48 Å². The minimum Gasteiger partial charge on any atom is -0.461 e. The predicted octanol–water partition coefficient (Wildman–Crippen LogP) is 2.02. The molecule has 22 heavy (non-hydrogen) atoms. The molecular weight excluding hydrogens is 298 g/mol. The number of nitrogens with one attached hydrogen (secondary N) is 1. The summed E-state index contributed by atoms with van der Waals surface area (Å²) in [7, 11) is -1.09. The number of ether oxygens (including phenoxy) is 2. The van der Waals surface area contributed by atoms with Gasteiger partial charge in [0, 0.05) is 45.4 Å². The zero-order chi connectivity index (χ0) is 16.2. The van der Waals surface area contributed by atoms with Crippen LogP contribution in [-0.2, 0) is 29.2 Å². The molecule has 1 aliphatic rings. The smallest absolute Gasteiger partial charge is 0.359 e. The molecule has 6 nitrogen and oxygen atoms in total. The maximum atomic E-state index is 12.0. The predicted molar refractivity (Wildman–Crippen MR) is 87.7 cm³/mol. The second kappa shape index (κ2) is 7.39. The van der Waals surface area contributed by atoms with Crippen molar-refractivity contribution in [3.05, 3.63) is 17.0 Å². The van der Waals surface area contributed by atoms with E-state index in [1.54, 1.807) is 6.92 Å². The number of hydrogen-bond acceptors (Lipinski definition) is 5. The zero-order valence-corrected chi connectivity index (χ0v) is 15.1. The molecular formula is C15H27N3O3Si. The Balaban J connectivity index is 2.06. The molecule has 1 aliphatic heterocycles. The minimum absolute atomic E-state index is 0.344. The number of hydrogen-bond donors (Lipinski definition) is 1. The van der Waals surface area contributed by atoms with Crippen LogP contribution in [0.5, 0.6) is 0 Å². The lowest BCUT2D eigenvalue weighted by Gasteiger charge is -2.17. The lowest BCUT2D eigenvalue weighted by Crippen LogP contribution is -2.26. The third kappa shape index (κ3) is 4.41. The third-order valence-corrected chi connectivity index (χ3v) is 5.39. The molecule has 0 bridgehead atoms. The molecule has 0 amide bonds. The SMILES string of the molecule is CCOC(=O)c1nn(COCC[Si](C)(C)C)c2c1CNCC2. The molecule has 0 aliphatic carbocycles. The van der Waals surface area contributed by atoms with Crippen molar-refractivity contribution in [1.29, 1.82) is 0 Å². The molecule has 0 saturated heterocycles. The fourth-order valence-corrected chi connectivity index (χ4v) is 3.18. The molecule has 1 aromatic rings. The number of carbonyl (C=O) groups is 1. The topological polar surface area (TPSA) is 65.4 Å². The molecule has 0 saturated carbocycles. The van der Waals surface area contributed by atoms with Crippen molar-refractivity contribution in [3.8, 4) is 0 Å². The van der Waals surface area contributed by atoms with Gasteiger partial charge in [0.25, 0.3) is 0 Å². The van der Waals surface area contributed by atoms with Crippen LogP contribution in [0.2, 0.25) is 25.7 Å².